The molecule has 21 heavy (non-hydrogen) atoms. The molecule has 1 aromatic heterocycles. The van der Waals surface area contributed by atoms with Crippen LogP contribution in [0.15, 0.2) is 35.6 Å². The monoisotopic (exact) mass is 288 g/mol. The molecule has 0 unspecified atom stereocenters. The Morgan fingerprint density at radius 2 is 2.10 bits per heavy atom. The second-order valence-electron chi connectivity index (χ2n) is 5.40. The van der Waals surface area contributed by atoms with Gasteiger partial charge in [0.25, 0.3) is 0 Å². The first-order valence-corrected chi connectivity index (χ1v) is 6.75. The molecule has 0 saturated carbocycles. The van der Waals surface area contributed by atoms with E-state index >= 15 is 0 Å². The van der Waals surface area contributed by atoms with Crippen LogP contribution in [-0.2, 0) is 11.3 Å². The highest BCUT2D eigenvalue weighted by molar-refractivity contribution is 5.20. The third-order valence-corrected chi connectivity index (χ3v) is 3.50. The van der Waals surface area contributed by atoms with Gasteiger partial charge in [-0.3, -0.25) is 0 Å². The third kappa shape index (κ3) is 2.95. The van der Waals surface area contributed by atoms with Crippen molar-refractivity contribution in [3.8, 4) is 0 Å². The van der Waals surface area contributed by atoms with Gasteiger partial charge in [0.1, 0.15) is 23.6 Å². The molecule has 1 aromatic carbocycles. The average Bonchev–Trinajstić information content (AvgIpc) is 2.94. The van der Waals surface area contributed by atoms with E-state index < -0.39 is 5.72 Å². The van der Waals surface area contributed by atoms with Crippen LogP contribution in [0.5, 0.6) is 0 Å². The molecule has 5 nitrogen and oxygen atoms in total. The predicted octanol–water partition coefficient (Wildman–Crippen LogP) is 1.13. The van der Waals surface area contributed by atoms with Crippen LogP contribution in [0.25, 0.3) is 6.20 Å². The van der Waals surface area contributed by atoms with Crippen molar-refractivity contribution in [3.05, 3.63) is 52.8 Å². The van der Waals surface area contributed by atoms with Crippen LogP contribution in [0.1, 0.15) is 19.4 Å². The quantitative estimate of drug-likeness (QED) is 0.917. The van der Waals surface area contributed by atoms with Gasteiger partial charge < -0.3 is 14.6 Å². The van der Waals surface area contributed by atoms with Crippen molar-refractivity contribution in [2.45, 2.75) is 26.2 Å². The molecule has 3 rings (SSSR count). The van der Waals surface area contributed by atoms with E-state index in [1.54, 1.807) is 18.5 Å². The summed E-state index contributed by atoms with van der Waals surface area (Å²) in [6.45, 7) is 4.86. The van der Waals surface area contributed by atoms with E-state index in [1.165, 1.54) is 12.1 Å². The van der Waals surface area contributed by atoms with Gasteiger partial charge in [0.15, 0.2) is 5.49 Å². The summed E-state index contributed by atoms with van der Waals surface area (Å²) >= 11 is 0. The lowest BCUT2D eigenvalue weighted by atomic mass is 10.2. The standard InChI is InChI=1S/C15H17FN4O/c1-15(2,21-8-11-3-5-12(16)6-4-11)20-7-13-14(19-10-20)18-9-17-13/h3-7,9H,8,10H2,1-2H3,(H,17,18,19). The van der Waals surface area contributed by atoms with Gasteiger partial charge in [0.05, 0.1) is 12.9 Å². The Morgan fingerprint density at radius 1 is 1.33 bits per heavy atom. The maximum atomic E-state index is 12.9. The lowest BCUT2D eigenvalue weighted by Gasteiger charge is -2.37. The van der Waals surface area contributed by atoms with E-state index in [9.17, 15) is 4.39 Å². The van der Waals surface area contributed by atoms with Crippen LogP contribution in [0.2, 0.25) is 0 Å². The van der Waals surface area contributed by atoms with Gasteiger partial charge in [-0.25, -0.2) is 14.4 Å². The number of aromatic nitrogens is 2. The minimum Gasteiger partial charge on any atom is -0.352 e. The lowest BCUT2D eigenvalue weighted by Crippen LogP contribution is -2.47. The molecule has 0 atom stereocenters. The number of H-pyrrole nitrogens is 1. The number of rotatable bonds is 4. The topological polar surface area (TPSA) is 53.5 Å². The zero-order valence-corrected chi connectivity index (χ0v) is 12.0. The van der Waals surface area contributed by atoms with Gasteiger partial charge in [-0.05, 0) is 31.5 Å². The van der Waals surface area contributed by atoms with Gasteiger partial charge in [-0.2, -0.15) is 0 Å². The summed E-state index contributed by atoms with van der Waals surface area (Å²) < 4.78 is 18.9. The van der Waals surface area contributed by atoms with Gasteiger partial charge in [-0.15, -0.1) is 0 Å². The maximum absolute atomic E-state index is 12.9. The second-order valence-corrected chi connectivity index (χ2v) is 5.40. The van der Waals surface area contributed by atoms with Crippen molar-refractivity contribution in [1.82, 2.24) is 14.9 Å². The molecule has 110 valence electrons. The highest BCUT2D eigenvalue weighted by Gasteiger charge is 2.26. The van der Waals surface area contributed by atoms with Gasteiger partial charge in [0, 0.05) is 6.20 Å². The highest BCUT2D eigenvalue weighted by Crippen LogP contribution is 2.19. The maximum Gasteiger partial charge on any atom is 0.176 e. The second kappa shape index (κ2) is 5.29. The summed E-state index contributed by atoms with van der Waals surface area (Å²) in [5.74, 6) is -0.243. The van der Waals surface area contributed by atoms with Gasteiger partial charge in [-0.1, -0.05) is 12.1 Å². The van der Waals surface area contributed by atoms with Crippen LogP contribution in [0, 0.1) is 5.82 Å². The summed E-state index contributed by atoms with van der Waals surface area (Å²) in [5, 5.41) is 0.875. The molecule has 6 heteroatoms. The average molecular weight is 288 g/mol. The molecule has 0 spiro atoms. The Bertz CT molecular complexity index is 736. The Labute approximate surface area is 121 Å². The van der Waals surface area contributed by atoms with Crippen LogP contribution in [-0.4, -0.2) is 27.3 Å². The third-order valence-electron chi connectivity index (χ3n) is 3.50. The Kier molecular flexibility index (Phi) is 3.47. The van der Waals surface area contributed by atoms with Crippen molar-refractivity contribution in [1.29, 1.82) is 0 Å². The zero-order chi connectivity index (χ0) is 14.9. The van der Waals surface area contributed by atoms with Crippen LogP contribution in [0.4, 0.5) is 4.39 Å². The number of imidazole rings is 1. The molecule has 1 aliphatic rings. The molecular formula is C15H17FN4O. The van der Waals surface area contributed by atoms with Crippen LogP contribution in [0.3, 0.4) is 0 Å². The summed E-state index contributed by atoms with van der Waals surface area (Å²) in [7, 11) is 0. The van der Waals surface area contributed by atoms with Crippen molar-refractivity contribution in [2.75, 3.05) is 6.67 Å². The van der Waals surface area contributed by atoms with Crippen LogP contribution >= 0.6 is 0 Å². The van der Waals surface area contributed by atoms with E-state index in [0.717, 1.165) is 16.4 Å². The molecule has 2 heterocycles. The lowest BCUT2D eigenvalue weighted by molar-refractivity contribution is -0.112. The molecule has 0 fully saturated rings. The first kappa shape index (κ1) is 13.8. The Balaban J connectivity index is 1.71. The molecule has 0 saturated heterocycles. The first-order valence-electron chi connectivity index (χ1n) is 6.75. The van der Waals surface area contributed by atoms with E-state index in [1.807, 2.05) is 24.9 Å². The first-order chi connectivity index (χ1) is 10.0. The smallest absolute Gasteiger partial charge is 0.176 e. The fourth-order valence-corrected chi connectivity index (χ4v) is 2.11. The number of hydrogen-bond acceptors (Lipinski definition) is 4. The van der Waals surface area contributed by atoms with E-state index in [-0.39, 0.29) is 5.82 Å². The minimum atomic E-state index is -0.527. The molecular weight excluding hydrogens is 271 g/mol. The number of nitrogens with one attached hydrogen (secondary N) is 1. The Hall–Kier alpha value is -2.21. The van der Waals surface area contributed by atoms with Crippen molar-refractivity contribution in [2.24, 2.45) is 4.99 Å². The normalized spacial score (nSPS) is 14.3. The largest absolute Gasteiger partial charge is 0.352 e. The number of benzene rings is 1. The van der Waals surface area contributed by atoms with Gasteiger partial charge >= 0.3 is 0 Å². The van der Waals surface area contributed by atoms with Crippen molar-refractivity contribution >= 4 is 6.20 Å². The van der Waals surface area contributed by atoms with E-state index in [2.05, 4.69) is 15.0 Å². The van der Waals surface area contributed by atoms with Crippen LogP contribution < -0.4 is 10.8 Å². The molecule has 1 aliphatic heterocycles. The van der Waals surface area contributed by atoms with E-state index in [4.69, 9.17) is 4.74 Å². The number of aromatic amines is 1. The minimum absolute atomic E-state index is 0.243. The molecule has 0 amide bonds. The summed E-state index contributed by atoms with van der Waals surface area (Å²) in [6, 6.07) is 6.32. The van der Waals surface area contributed by atoms with E-state index in [0.29, 0.717) is 13.3 Å². The molecule has 0 radical (unpaired) electrons. The van der Waals surface area contributed by atoms with Crippen molar-refractivity contribution in [3.63, 3.8) is 0 Å². The molecule has 0 aliphatic carbocycles. The summed E-state index contributed by atoms with van der Waals surface area (Å²) in [5.41, 5.74) is 1.13. The fourth-order valence-electron chi connectivity index (χ4n) is 2.11. The zero-order valence-electron chi connectivity index (χ0n) is 12.0. The molecule has 2 aromatic rings. The summed E-state index contributed by atoms with van der Waals surface area (Å²) in [4.78, 5) is 13.5. The fraction of sp³-hybridized carbons (Fsp3) is 0.333. The number of ether oxygens (including phenoxy) is 1. The highest BCUT2D eigenvalue weighted by atomic mass is 19.1. The number of halogens is 1. The number of nitrogens with zero attached hydrogens (tertiary/aromatic N) is 3. The Morgan fingerprint density at radius 3 is 2.86 bits per heavy atom. The molecule has 0 bridgehead atoms. The number of fused-ring (bicyclic) bond motifs is 1. The number of hydrogen-bond donors (Lipinski definition) is 1. The molecule has 1 N–H and O–H groups in total. The summed E-state index contributed by atoms with van der Waals surface area (Å²) in [6.07, 6.45) is 3.58. The van der Waals surface area contributed by atoms with Crippen molar-refractivity contribution < 1.29 is 9.13 Å². The predicted molar refractivity (Wildman–Crippen MR) is 75.8 cm³/mol. The SMILES string of the molecule is CC(C)(OCc1ccc(F)cc1)N1C=c2[nH]cnc2=NC1. The van der Waals surface area contributed by atoms with Gasteiger partial charge in [0.2, 0.25) is 0 Å².